The second-order valence-electron chi connectivity index (χ2n) is 6.96. The highest BCUT2D eigenvalue weighted by Gasteiger charge is 2.21. The summed E-state index contributed by atoms with van der Waals surface area (Å²) in [5.41, 5.74) is 1.93. The molecule has 0 aliphatic carbocycles. The van der Waals surface area contributed by atoms with Gasteiger partial charge in [-0.2, -0.15) is 4.98 Å². The molecule has 27 heavy (non-hydrogen) atoms. The second-order valence-corrected chi connectivity index (χ2v) is 6.96. The van der Waals surface area contributed by atoms with Crippen LogP contribution in [0, 0.1) is 0 Å². The van der Waals surface area contributed by atoms with Gasteiger partial charge in [-0.1, -0.05) is 47.6 Å². The van der Waals surface area contributed by atoms with Crippen LogP contribution in [-0.4, -0.2) is 48.0 Å². The summed E-state index contributed by atoms with van der Waals surface area (Å²) in [5, 5.41) is 14.1. The fourth-order valence-corrected chi connectivity index (χ4v) is 3.60. The highest BCUT2D eigenvalue weighted by molar-refractivity contribution is 5.57. The first kappa shape index (κ1) is 17.5. The molecule has 2 N–H and O–H groups in total. The van der Waals surface area contributed by atoms with Crippen LogP contribution >= 0.6 is 0 Å². The second kappa shape index (κ2) is 8.22. The van der Waals surface area contributed by atoms with Crippen LogP contribution in [0.25, 0.3) is 11.4 Å². The van der Waals surface area contributed by atoms with Crippen LogP contribution in [0.15, 0.2) is 59.1 Å². The van der Waals surface area contributed by atoms with Crippen LogP contribution < -0.4 is 9.80 Å². The fourth-order valence-electron chi connectivity index (χ4n) is 3.60. The van der Waals surface area contributed by atoms with Gasteiger partial charge in [0.1, 0.15) is 5.75 Å². The number of quaternary nitrogens is 1. The molecule has 1 aliphatic heterocycles. The van der Waals surface area contributed by atoms with Gasteiger partial charge >= 0.3 is 0 Å². The van der Waals surface area contributed by atoms with Gasteiger partial charge in [-0.05, 0) is 12.1 Å². The minimum Gasteiger partial charge on any atom is -0.506 e. The van der Waals surface area contributed by atoms with Crippen molar-refractivity contribution in [3.05, 3.63) is 60.5 Å². The van der Waals surface area contributed by atoms with Crippen molar-refractivity contribution in [2.75, 3.05) is 37.6 Å². The summed E-state index contributed by atoms with van der Waals surface area (Å²) in [6.07, 6.45) is 1.84. The lowest BCUT2D eigenvalue weighted by Crippen LogP contribution is -3.14. The SMILES string of the molecule is Oc1ccccc1N1CC[NH+](CCCc2nc(-c3ccccc3)no2)CC1. The predicted octanol–water partition coefficient (Wildman–Crippen LogP) is 1.78. The van der Waals surface area contributed by atoms with Gasteiger partial charge in [0.25, 0.3) is 0 Å². The van der Waals surface area contributed by atoms with E-state index in [9.17, 15) is 5.11 Å². The molecule has 2 heterocycles. The van der Waals surface area contributed by atoms with E-state index in [1.54, 1.807) is 11.0 Å². The monoisotopic (exact) mass is 365 g/mol. The number of aromatic hydroxyl groups is 1. The zero-order valence-corrected chi connectivity index (χ0v) is 15.3. The number of hydrogen-bond donors (Lipinski definition) is 2. The van der Waals surface area contributed by atoms with E-state index in [0.717, 1.165) is 56.8 Å². The fraction of sp³-hybridized carbons (Fsp3) is 0.333. The molecule has 1 fully saturated rings. The van der Waals surface area contributed by atoms with Gasteiger partial charge in [-0.15, -0.1) is 0 Å². The van der Waals surface area contributed by atoms with Crippen molar-refractivity contribution < 1.29 is 14.5 Å². The summed E-state index contributed by atoms with van der Waals surface area (Å²) >= 11 is 0. The van der Waals surface area contributed by atoms with Crippen LogP contribution in [0.2, 0.25) is 0 Å². The average Bonchev–Trinajstić information content (AvgIpc) is 3.19. The molecule has 0 amide bonds. The third-order valence-electron chi connectivity index (χ3n) is 5.11. The lowest BCUT2D eigenvalue weighted by molar-refractivity contribution is -0.900. The Labute approximate surface area is 159 Å². The standard InChI is InChI=1S/C21H24N4O2/c26-19-10-5-4-9-18(19)25-15-13-24(14-16-25)12-6-11-20-22-21(23-27-20)17-7-2-1-3-8-17/h1-5,7-10,26H,6,11-16H2/p+1. The Morgan fingerprint density at radius 3 is 2.52 bits per heavy atom. The summed E-state index contributed by atoms with van der Waals surface area (Å²) in [6, 6.07) is 17.5. The Morgan fingerprint density at radius 1 is 1.00 bits per heavy atom. The first-order chi connectivity index (χ1) is 13.3. The molecule has 3 aromatic rings. The molecular formula is C21H25N4O2+. The zero-order valence-electron chi connectivity index (χ0n) is 15.3. The predicted molar refractivity (Wildman–Crippen MR) is 104 cm³/mol. The number of aryl methyl sites for hydroxylation is 1. The van der Waals surface area contributed by atoms with Crippen LogP contribution in [0.1, 0.15) is 12.3 Å². The Hall–Kier alpha value is -2.86. The number of aromatic nitrogens is 2. The lowest BCUT2D eigenvalue weighted by atomic mass is 10.2. The van der Waals surface area contributed by atoms with E-state index >= 15 is 0 Å². The number of phenols is 1. The van der Waals surface area contributed by atoms with E-state index < -0.39 is 0 Å². The van der Waals surface area contributed by atoms with Gasteiger partial charge in [0.2, 0.25) is 11.7 Å². The molecule has 0 unspecified atom stereocenters. The molecule has 4 rings (SSSR count). The smallest absolute Gasteiger partial charge is 0.227 e. The van der Waals surface area contributed by atoms with Gasteiger partial charge in [0.15, 0.2) is 0 Å². The molecule has 1 aliphatic rings. The molecule has 1 saturated heterocycles. The molecule has 6 heteroatoms. The Morgan fingerprint density at radius 2 is 1.74 bits per heavy atom. The van der Waals surface area contributed by atoms with Crippen molar-refractivity contribution in [1.82, 2.24) is 10.1 Å². The van der Waals surface area contributed by atoms with Gasteiger partial charge in [-0.25, -0.2) is 0 Å². The summed E-state index contributed by atoms with van der Waals surface area (Å²) < 4.78 is 5.39. The third kappa shape index (κ3) is 4.28. The van der Waals surface area contributed by atoms with E-state index in [0.29, 0.717) is 17.5 Å². The summed E-state index contributed by atoms with van der Waals surface area (Å²) in [5.74, 6) is 1.74. The number of hydrogen-bond acceptors (Lipinski definition) is 5. The van der Waals surface area contributed by atoms with Crippen LogP contribution in [0.5, 0.6) is 5.75 Å². The highest BCUT2D eigenvalue weighted by Crippen LogP contribution is 2.26. The topological polar surface area (TPSA) is 66.8 Å². The first-order valence-corrected chi connectivity index (χ1v) is 9.54. The molecule has 0 spiro atoms. The lowest BCUT2D eigenvalue weighted by Gasteiger charge is -2.33. The third-order valence-corrected chi connectivity index (χ3v) is 5.11. The van der Waals surface area contributed by atoms with Crippen molar-refractivity contribution in [2.24, 2.45) is 0 Å². The number of nitrogens with one attached hydrogen (secondary N) is 1. The van der Waals surface area contributed by atoms with Crippen LogP contribution in [0.3, 0.4) is 0 Å². The van der Waals surface area contributed by atoms with Crippen LogP contribution in [-0.2, 0) is 6.42 Å². The number of para-hydroxylation sites is 2. The van der Waals surface area contributed by atoms with Crippen molar-refractivity contribution in [3.63, 3.8) is 0 Å². The number of piperazine rings is 1. The molecular weight excluding hydrogens is 340 g/mol. The van der Waals surface area contributed by atoms with Crippen molar-refractivity contribution in [1.29, 1.82) is 0 Å². The molecule has 6 nitrogen and oxygen atoms in total. The minimum atomic E-state index is 0.367. The van der Waals surface area contributed by atoms with Gasteiger partial charge in [-0.3, -0.25) is 0 Å². The Balaban J connectivity index is 1.23. The molecule has 2 aromatic carbocycles. The van der Waals surface area contributed by atoms with Crippen molar-refractivity contribution in [3.8, 4) is 17.1 Å². The summed E-state index contributed by atoms with van der Waals surface area (Å²) in [4.78, 5) is 8.36. The molecule has 0 saturated carbocycles. The molecule has 0 bridgehead atoms. The number of rotatable bonds is 6. The van der Waals surface area contributed by atoms with Crippen molar-refractivity contribution in [2.45, 2.75) is 12.8 Å². The Kier molecular flexibility index (Phi) is 5.34. The summed E-state index contributed by atoms with van der Waals surface area (Å²) in [7, 11) is 0. The molecule has 1 aromatic heterocycles. The van der Waals surface area contributed by atoms with Crippen molar-refractivity contribution >= 4 is 5.69 Å². The Bertz CT molecular complexity index is 857. The number of benzene rings is 2. The van der Waals surface area contributed by atoms with E-state index in [4.69, 9.17) is 4.52 Å². The number of phenolic OH excluding ortho intramolecular Hbond substituents is 1. The zero-order chi connectivity index (χ0) is 18.5. The maximum absolute atomic E-state index is 10.0. The maximum atomic E-state index is 10.0. The normalized spacial score (nSPS) is 15.2. The molecule has 140 valence electrons. The first-order valence-electron chi connectivity index (χ1n) is 9.54. The number of anilines is 1. The van der Waals surface area contributed by atoms with E-state index in [-0.39, 0.29) is 0 Å². The van der Waals surface area contributed by atoms with Gasteiger partial charge < -0.3 is 19.4 Å². The number of nitrogens with zero attached hydrogens (tertiary/aromatic N) is 3. The van der Waals surface area contributed by atoms with Gasteiger partial charge in [0, 0.05) is 18.4 Å². The van der Waals surface area contributed by atoms with E-state index in [1.807, 2.05) is 48.5 Å². The molecule has 0 atom stereocenters. The minimum absolute atomic E-state index is 0.367. The molecule has 0 radical (unpaired) electrons. The largest absolute Gasteiger partial charge is 0.506 e. The maximum Gasteiger partial charge on any atom is 0.227 e. The van der Waals surface area contributed by atoms with Gasteiger partial charge in [0.05, 0.1) is 38.4 Å². The average molecular weight is 365 g/mol. The van der Waals surface area contributed by atoms with E-state index in [1.165, 1.54) is 0 Å². The quantitative estimate of drug-likeness (QED) is 0.697. The van der Waals surface area contributed by atoms with Crippen LogP contribution in [0.4, 0.5) is 5.69 Å². The highest BCUT2D eigenvalue weighted by atomic mass is 16.5. The summed E-state index contributed by atoms with van der Waals surface area (Å²) in [6.45, 7) is 5.18. The van der Waals surface area contributed by atoms with E-state index in [2.05, 4.69) is 15.0 Å².